The molecular formula is C43H61NO12S2. The Labute approximate surface area is 348 Å². The van der Waals surface area contributed by atoms with Crippen molar-refractivity contribution in [2.24, 2.45) is 35.0 Å². The highest BCUT2D eigenvalue weighted by Crippen LogP contribution is 2.62. The first kappa shape index (κ1) is 42.6. The number of aryl methyl sites for hydroxylation is 1. The van der Waals surface area contributed by atoms with E-state index in [0.717, 1.165) is 25.7 Å². The van der Waals surface area contributed by atoms with Crippen LogP contribution in [0.5, 0.6) is 11.5 Å². The van der Waals surface area contributed by atoms with Gasteiger partial charge in [-0.3, -0.25) is 4.79 Å². The zero-order valence-electron chi connectivity index (χ0n) is 33.7. The number of esters is 1. The van der Waals surface area contributed by atoms with Crippen molar-refractivity contribution in [2.45, 2.75) is 125 Å². The van der Waals surface area contributed by atoms with Gasteiger partial charge in [0.05, 0.1) is 25.6 Å². The van der Waals surface area contributed by atoms with E-state index in [1.165, 1.54) is 29.9 Å². The molecule has 4 aliphatic carbocycles. The van der Waals surface area contributed by atoms with Gasteiger partial charge >= 0.3 is 5.97 Å². The molecule has 0 unspecified atom stereocenters. The molecule has 4 bridgehead atoms. The van der Waals surface area contributed by atoms with E-state index >= 15 is 0 Å². The SMILES string of the molecule is CCOC(=O)CCc1cc2ccoc2c2c1O[C@@H]1O[C@@](CO)(CSS[C@@H]3[C@H](C[C@@H](C(C)C)CC34CCCC4)NCCO2)[C@]2(O)C[C@@H]3C=C[C@@H](O)[C@H](CO)[C@H]3[C@@]1(O)[C@H]2O. The molecule has 13 nitrogen and oxygen atoms in total. The number of aliphatic hydroxyl groups excluding tert-OH is 4. The van der Waals surface area contributed by atoms with Crippen molar-refractivity contribution >= 4 is 38.5 Å². The van der Waals surface area contributed by atoms with E-state index < -0.39 is 72.2 Å². The van der Waals surface area contributed by atoms with Crippen LogP contribution >= 0.6 is 21.6 Å². The average molecular weight is 848 g/mol. The lowest BCUT2D eigenvalue weighted by molar-refractivity contribution is -0.416. The summed E-state index contributed by atoms with van der Waals surface area (Å²) in [7, 11) is 3.26. The Morgan fingerprint density at radius 2 is 1.90 bits per heavy atom. The molecule has 322 valence electrons. The topological polar surface area (TPSA) is 201 Å². The van der Waals surface area contributed by atoms with Gasteiger partial charge in [-0.05, 0) is 86.3 Å². The van der Waals surface area contributed by atoms with Gasteiger partial charge in [-0.1, -0.05) is 60.4 Å². The zero-order chi connectivity index (χ0) is 41.0. The minimum Gasteiger partial charge on any atom is -0.485 e. The van der Waals surface area contributed by atoms with E-state index in [1.54, 1.807) is 35.9 Å². The van der Waals surface area contributed by atoms with Gasteiger partial charge in [0.25, 0.3) is 0 Å². The van der Waals surface area contributed by atoms with Gasteiger partial charge in [0.2, 0.25) is 12.0 Å². The van der Waals surface area contributed by atoms with Crippen LogP contribution in [0.4, 0.5) is 0 Å². The summed E-state index contributed by atoms with van der Waals surface area (Å²) in [4.78, 5) is 12.7. The average Bonchev–Trinajstić information content (AvgIpc) is 3.87. The Balaban J connectivity index is 1.28. The molecule has 3 heterocycles. The first-order valence-electron chi connectivity index (χ1n) is 21.2. The van der Waals surface area contributed by atoms with Crippen LogP contribution in [-0.2, 0) is 20.7 Å². The highest BCUT2D eigenvalue weighted by Gasteiger charge is 2.77. The molecule has 1 aromatic carbocycles. The fraction of sp³-hybridized carbons (Fsp3) is 0.744. The second-order valence-electron chi connectivity index (χ2n) is 18.1. The molecule has 0 radical (unpaired) electrons. The third-order valence-electron chi connectivity index (χ3n) is 14.7. The summed E-state index contributed by atoms with van der Waals surface area (Å²) in [6, 6.07) is 3.74. The number of carbonyl (C=O) groups excluding carboxylic acids is 1. The van der Waals surface area contributed by atoms with Gasteiger partial charge in [-0.2, -0.15) is 0 Å². The van der Waals surface area contributed by atoms with Crippen molar-refractivity contribution in [2.75, 3.05) is 38.7 Å². The normalized spacial score (nSPS) is 39.8. The predicted octanol–water partition coefficient (Wildman–Crippen LogP) is 4.12. The van der Waals surface area contributed by atoms with Gasteiger partial charge in [-0.15, -0.1) is 0 Å². The molecule has 15 heteroatoms. The van der Waals surface area contributed by atoms with Crippen LogP contribution in [-0.4, -0.2) is 122 Å². The molecule has 58 heavy (non-hydrogen) atoms. The van der Waals surface area contributed by atoms with Crippen LogP contribution in [0.15, 0.2) is 35.0 Å². The number of ether oxygens (including phenoxy) is 4. The largest absolute Gasteiger partial charge is 0.485 e. The van der Waals surface area contributed by atoms with Crippen LogP contribution in [0.25, 0.3) is 11.0 Å². The standard InChI is InChI=1S/C43H61NO12S2/c1-4-52-32(48)10-8-25-17-26-11-15-53-34(26)36-35(25)55-39-43(51)33-27(7-9-31(47)29(33)21-45)20-42(50,38(43)49)41(22-46,56-39)23-57-58-37-30(44-14-16-54-36)18-28(24(2)3)19-40(37)12-5-6-13-40/h7,9,11,15,17,24,27-31,33,37-39,44-47,49-51H,4-6,8,10,12-14,16,18-23H2,1-3H3/t27-,28+,29-,30-,31+,33-,37+,38-,39+,41-,42-,43+/m0/s1. The monoisotopic (exact) mass is 847 g/mol. The molecule has 1 aromatic heterocycles. The number of hydrogen-bond donors (Lipinski definition) is 7. The quantitative estimate of drug-likeness (QED) is 0.119. The van der Waals surface area contributed by atoms with E-state index in [4.69, 9.17) is 23.4 Å². The zero-order valence-corrected chi connectivity index (χ0v) is 35.3. The summed E-state index contributed by atoms with van der Waals surface area (Å²) in [5.74, 6) is -1.64. The molecule has 7 N–H and O–H groups in total. The lowest BCUT2D eigenvalue weighted by atomic mass is 9.51. The third-order valence-corrected chi connectivity index (χ3v) is 17.8. The molecule has 4 fully saturated rings. The number of fused-ring (bicyclic) bond motifs is 13. The maximum absolute atomic E-state index is 13.1. The highest BCUT2D eigenvalue weighted by molar-refractivity contribution is 8.77. The first-order valence-corrected chi connectivity index (χ1v) is 23.6. The van der Waals surface area contributed by atoms with Gasteiger partial charge in [0, 0.05) is 53.8 Å². The minimum absolute atomic E-state index is 0.00271. The predicted molar refractivity (Wildman–Crippen MR) is 219 cm³/mol. The number of rotatable bonds is 7. The Kier molecular flexibility index (Phi) is 12.3. The molecule has 1 spiro atoms. The van der Waals surface area contributed by atoms with Crippen molar-refractivity contribution in [3.05, 3.63) is 36.1 Å². The van der Waals surface area contributed by atoms with Crippen LogP contribution in [0, 0.1) is 35.0 Å². The van der Waals surface area contributed by atoms with Crippen molar-refractivity contribution in [1.82, 2.24) is 5.32 Å². The molecule has 12 atom stereocenters. The summed E-state index contributed by atoms with van der Waals surface area (Å²) in [6.07, 6.45) is 6.66. The second-order valence-corrected chi connectivity index (χ2v) is 20.6. The maximum atomic E-state index is 13.1. The Hall–Kier alpha value is -2.05. The van der Waals surface area contributed by atoms with Gasteiger partial charge < -0.3 is 59.3 Å². The number of furan rings is 1. The Morgan fingerprint density at radius 3 is 2.62 bits per heavy atom. The van der Waals surface area contributed by atoms with E-state index in [0.29, 0.717) is 34.9 Å². The summed E-state index contributed by atoms with van der Waals surface area (Å²) < 4.78 is 31.6. The molecule has 3 saturated carbocycles. The van der Waals surface area contributed by atoms with Gasteiger partial charge in [0.15, 0.2) is 16.9 Å². The smallest absolute Gasteiger partial charge is 0.306 e. The number of benzene rings is 1. The lowest BCUT2D eigenvalue weighted by Gasteiger charge is -2.66. The number of carbonyl (C=O) groups is 1. The van der Waals surface area contributed by atoms with Crippen molar-refractivity contribution in [1.29, 1.82) is 0 Å². The number of aliphatic hydroxyl groups is 6. The van der Waals surface area contributed by atoms with Gasteiger partial charge in [-0.25, -0.2) is 0 Å². The summed E-state index contributed by atoms with van der Waals surface area (Å²) in [5, 5.41) is 76.5. The number of nitrogens with one attached hydrogen (secondary N) is 1. The summed E-state index contributed by atoms with van der Waals surface area (Å²) in [6.45, 7) is 6.06. The third kappa shape index (κ3) is 7.00. The van der Waals surface area contributed by atoms with Gasteiger partial charge in [0.1, 0.15) is 23.9 Å². The van der Waals surface area contributed by atoms with Crippen LogP contribution in [0.3, 0.4) is 0 Å². The van der Waals surface area contributed by atoms with Crippen molar-refractivity contribution < 1.29 is 58.8 Å². The summed E-state index contributed by atoms with van der Waals surface area (Å²) in [5.41, 5.74) is -5.46. The fourth-order valence-corrected chi connectivity index (χ4v) is 15.5. The van der Waals surface area contributed by atoms with E-state index in [-0.39, 0.29) is 66.4 Å². The van der Waals surface area contributed by atoms with E-state index in [9.17, 15) is 35.4 Å². The molecule has 6 aliphatic rings. The molecular weight excluding hydrogens is 787 g/mol. The van der Waals surface area contributed by atoms with E-state index in [1.807, 2.05) is 6.07 Å². The molecule has 0 amide bonds. The van der Waals surface area contributed by atoms with Crippen molar-refractivity contribution in [3.8, 4) is 11.5 Å². The number of allylic oxidation sites excluding steroid dienone is 1. The molecule has 8 rings (SSSR count). The lowest BCUT2D eigenvalue weighted by Crippen LogP contribution is -2.85. The maximum Gasteiger partial charge on any atom is 0.306 e. The first-order chi connectivity index (χ1) is 27.8. The minimum atomic E-state index is -2.43. The van der Waals surface area contributed by atoms with Crippen LogP contribution < -0.4 is 14.8 Å². The number of hydrogen-bond acceptors (Lipinski definition) is 15. The van der Waals surface area contributed by atoms with Crippen LogP contribution in [0.2, 0.25) is 0 Å². The van der Waals surface area contributed by atoms with E-state index in [2.05, 4.69) is 19.2 Å². The molecule has 2 aliphatic heterocycles. The van der Waals surface area contributed by atoms with Crippen molar-refractivity contribution in [3.63, 3.8) is 0 Å². The molecule has 2 aromatic rings. The van der Waals surface area contributed by atoms with Crippen LogP contribution in [0.1, 0.15) is 77.7 Å². The Morgan fingerprint density at radius 1 is 1.10 bits per heavy atom. The summed E-state index contributed by atoms with van der Waals surface area (Å²) >= 11 is 0. The Bertz CT molecular complexity index is 1820. The highest BCUT2D eigenvalue weighted by atomic mass is 33.1. The fourth-order valence-electron chi connectivity index (χ4n) is 11.6. The molecule has 1 saturated heterocycles. The second kappa shape index (κ2) is 16.7.